The number of rotatable bonds is 4. The van der Waals surface area contributed by atoms with Crippen molar-refractivity contribution in [3.05, 3.63) is 29.8 Å². The van der Waals surface area contributed by atoms with Crippen molar-refractivity contribution in [1.82, 2.24) is 0 Å². The largest absolute Gasteiger partial charge is 0.493 e. The first-order chi connectivity index (χ1) is 8.12. The second kappa shape index (κ2) is 5.95. The molecule has 0 aliphatic heterocycles. The molecule has 90 valence electrons. The summed E-state index contributed by atoms with van der Waals surface area (Å²) in [5, 5.41) is 9.13. The number of methoxy groups -OCH3 is 2. The van der Waals surface area contributed by atoms with Gasteiger partial charge in [-0.2, -0.15) is 5.26 Å². The maximum Gasteiger partial charge on any atom is 0.161 e. The van der Waals surface area contributed by atoms with Gasteiger partial charge in [0.1, 0.15) is 0 Å². The van der Waals surface area contributed by atoms with E-state index in [2.05, 4.69) is 6.07 Å². The van der Waals surface area contributed by atoms with Crippen molar-refractivity contribution in [2.75, 3.05) is 14.2 Å². The lowest BCUT2D eigenvalue weighted by atomic mass is 10.0. The Labute approximate surface area is 102 Å². The fourth-order valence-corrected chi connectivity index (χ4v) is 1.54. The highest BCUT2D eigenvalue weighted by Gasteiger charge is 2.08. The molecule has 0 N–H and O–H groups in total. The molecule has 0 amide bonds. The van der Waals surface area contributed by atoms with E-state index in [1.807, 2.05) is 32.1 Å². The van der Waals surface area contributed by atoms with Crippen molar-refractivity contribution < 1.29 is 9.47 Å². The lowest BCUT2D eigenvalue weighted by molar-refractivity contribution is 0.355. The Bertz CT molecular complexity index is 456. The molecule has 0 radical (unpaired) electrons. The molecule has 0 saturated carbocycles. The Kier molecular flexibility index (Phi) is 4.59. The van der Waals surface area contributed by atoms with Gasteiger partial charge in [0.05, 0.1) is 25.9 Å². The molecular weight excluding hydrogens is 214 g/mol. The summed E-state index contributed by atoms with van der Waals surface area (Å²) in [6.45, 7) is 4.08. The van der Waals surface area contributed by atoms with Crippen LogP contribution in [0.5, 0.6) is 11.5 Å². The van der Waals surface area contributed by atoms with Crippen molar-refractivity contribution in [3.8, 4) is 17.6 Å². The van der Waals surface area contributed by atoms with E-state index in [1.54, 1.807) is 20.3 Å². The minimum Gasteiger partial charge on any atom is -0.493 e. The fourth-order valence-electron chi connectivity index (χ4n) is 1.54. The zero-order valence-electron chi connectivity index (χ0n) is 10.7. The summed E-state index contributed by atoms with van der Waals surface area (Å²) in [5.74, 6) is 1.63. The minimum atomic E-state index is 0.331. The van der Waals surface area contributed by atoms with Crippen molar-refractivity contribution in [2.24, 2.45) is 5.92 Å². The predicted molar refractivity (Wildman–Crippen MR) is 68.0 cm³/mol. The van der Waals surface area contributed by atoms with E-state index in [0.29, 0.717) is 23.0 Å². The first-order valence-electron chi connectivity index (χ1n) is 5.46. The van der Waals surface area contributed by atoms with Crippen molar-refractivity contribution >= 4 is 5.57 Å². The van der Waals surface area contributed by atoms with Crippen molar-refractivity contribution in [1.29, 1.82) is 5.26 Å². The molecule has 17 heavy (non-hydrogen) atoms. The van der Waals surface area contributed by atoms with E-state index >= 15 is 0 Å². The number of ether oxygens (including phenoxy) is 2. The van der Waals surface area contributed by atoms with E-state index in [-0.39, 0.29) is 0 Å². The quantitative estimate of drug-likeness (QED) is 0.747. The van der Waals surface area contributed by atoms with Crippen LogP contribution in [-0.4, -0.2) is 14.2 Å². The fraction of sp³-hybridized carbons (Fsp3) is 0.357. The Morgan fingerprint density at radius 1 is 1.24 bits per heavy atom. The normalized spacial score (nSPS) is 11.2. The molecule has 0 atom stereocenters. The first kappa shape index (κ1) is 13.1. The van der Waals surface area contributed by atoms with Crippen LogP contribution in [0.2, 0.25) is 0 Å². The Morgan fingerprint density at radius 2 is 1.88 bits per heavy atom. The monoisotopic (exact) mass is 231 g/mol. The van der Waals surface area contributed by atoms with Crippen LogP contribution in [0.3, 0.4) is 0 Å². The van der Waals surface area contributed by atoms with Crippen LogP contribution in [0.4, 0.5) is 0 Å². The first-order valence-corrected chi connectivity index (χ1v) is 5.46. The van der Waals surface area contributed by atoms with E-state index in [0.717, 1.165) is 5.56 Å². The van der Waals surface area contributed by atoms with Gasteiger partial charge in [-0.05, 0) is 29.7 Å². The molecule has 0 saturated heterocycles. The van der Waals surface area contributed by atoms with Gasteiger partial charge in [0.25, 0.3) is 0 Å². The maximum absolute atomic E-state index is 9.13. The minimum absolute atomic E-state index is 0.331. The van der Waals surface area contributed by atoms with Crippen LogP contribution in [0, 0.1) is 17.2 Å². The van der Waals surface area contributed by atoms with E-state index < -0.39 is 0 Å². The van der Waals surface area contributed by atoms with E-state index in [4.69, 9.17) is 14.7 Å². The summed E-state index contributed by atoms with van der Waals surface area (Å²) in [6.07, 6.45) is 1.93. The molecule has 3 nitrogen and oxygen atoms in total. The molecule has 0 heterocycles. The van der Waals surface area contributed by atoms with Gasteiger partial charge >= 0.3 is 0 Å². The third kappa shape index (κ3) is 3.25. The lowest BCUT2D eigenvalue weighted by Crippen LogP contribution is -1.93. The summed E-state index contributed by atoms with van der Waals surface area (Å²) >= 11 is 0. The molecule has 3 heteroatoms. The van der Waals surface area contributed by atoms with Gasteiger partial charge in [0, 0.05) is 0 Å². The smallest absolute Gasteiger partial charge is 0.161 e. The third-order valence-corrected chi connectivity index (χ3v) is 2.31. The van der Waals surface area contributed by atoms with E-state index in [1.165, 1.54) is 0 Å². The molecule has 0 aromatic heterocycles. The Morgan fingerprint density at radius 3 is 2.35 bits per heavy atom. The number of nitriles is 1. The van der Waals surface area contributed by atoms with Gasteiger partial charge in [-0.25, -0.2) is 0 Å². The second-order valence-electron chi connectivity index (χ2n) is 4.01. The SMILES string of the molecule is COc1ccc(/C(C#N)=C/C(C)C)cc1OC. The summed E-state index contributed by atoms with van der Waals surface area (Å²) in [5.41, 5.74) is 1.50. The van der Waals surface area contributed by atoms with Gasteiger partial charge in [0.2, 0.25) is 0 Å². The number of benzene rings is 1. The standard InChI is InChI=1S/C14H17NO2/c1-10(2)7-12(9-15)11-5-6-13(16-3)14(8-11)17-4/h5-8,10H,1-4H3/b12-7+. The molecule has 0 fully saturated rings. The zero-order valence-corrected chi connectivity index (χ0v) is 10.7. The van der Waals surface area contributed by atoms with E-state index in [9.17, 15) is 0 Å². The summed E-state index contributed by atoms with van der Waals surface area (Å²) in [7, 11) is 3.17. The molecular formula is C14H17NO2. The number of allylic oxidation sites excluding steroid dienone is 2. The molecule has 0 spiro atoms. The third-order valence-electron chi connectivity index (χ3n) is 2.31. The number of hydrogen-bond acceptors (Lipinski definition) is 3. The molecule has 0 aliphatic carbocycles. The Hall–Kier alpha value is -1.95. The highest BCUT2D eigenvalue weighted by atomic mass is 16.5. The topological polar surface area (TPSA) is 42.2 Å². The van der Waals surface area contributed by atoms with Gasteiger partial charge in [0.15, 0.2) is 11.5 Å². The number of hydrogen-bond donors (Lipinski definition) is 0. The highest BCUT2D eigenvalue weighted by molar-refractivity contribution is 5.78. The zero-order chi connectivity index (χ0) is 12.8. The highest BCUT2D eigenvalue weighted by Crippen LogP contribution is 2.30. The molecule has 0 aliphatic rings. The second-order valence-corrected chi connectivity index (χ2v) is 4.01. The summed E-state index contributed by atoms with van der Waals surface area (Å²) < 4.78 is 10.4. The average Bonchev–Trinajstić information content (AvgIpc) is 2.34. The van der Waals surface area contributed by atoms with Crippen LogP contribution >= 0.6 is 0 Å². The Balaban J connectivity index is 3.20. The van der Waals surface area contributed by atoms with Gasteiger partial charge in [-0.3, -0.25) is 0 Å². The maximum atomic E-state index is 9.13. The van der Waals surface area contributed by atoms with Crippen LogP contribution < -0.4 is 9.47 Å². The van der Waals surface area contributed by atoms with Crippen molar-refractivity contribution in [2.45, 2.75) is 13.8 Å². The summed E-state index contributed by atoms with van der Waals surface area (Å²) in [6, 6.07) is 7.68. The van der Waals surface area contributed by atoms with Gasteiger partial charge < -0.3 is 9.47 Å². The van der Waals surface area contributed by atoms with Gasteiger partial charge in [-0.15, -0.1) is 0 Å². The van der Waals surface area contributed by atoms with Crippen LogP contribution in [0.25, 0.3) is 5.57 Å². The van der Waals surface area contributed by atoms with Crippen molar-refractivity contribution in [3.63, 3.8) is 0 Å². The lowest BCUT2D eigenvalue weighted by Gasteiger charge is -2.09. The van der Waals surface area contributed by atoms with Crippen LogP contribution in [0.1, 0.15) is 19.4 Å². The molecule has 1 aromatic rings. The molecule has 1 rings (SSSR count). The average molecular weight is 231 g/mol. The van der Waals surface area contributed by atoms with Gasteiger partial charge in [-0.1, -0.05) is 19.9 Å². The van der Waals surface area contributed by atoms with Crippen LogP contribution in [-0.2, 0) is 0 Å². The molecule has 0 unspecified atom stereocenters. The van der Waals surface area contributed by atoms with Crippen LogP contribution in [0.15, 0.2) is 24.3 Å². The molecule has 1 aromatic carbocycles. The predicted octanol–water partition coefficient (Wildman–Crippen LogP) is 3.27. The molecule has 0 bridgehead atoms. The summed E-state index contributed by atoms with van der Waals surface area (Å²) in [4.78, 5) is 0. The number of nitrogens with zero attached hydrogens (tertiary/aromatic N) is 1.